The third kappa shape index (κ3) is 3.16. The van der Waals surface area contributed by atoms with Crippen molar-refractivity contribution < 1.29 is 13.2 Å². The van der Waals surface area contributed by atoms with E-state index in [1.165, 1.54) is 0 Å². The number of rotatable bonds is 1. The van der Waals surface area contributed by atoms with Crippen molar-refractivity contribution in [1.29, 1.82) is 0 Å². The zero-order valence-corrected chi connectivity index (χ0v) is 7.19. The minimum absolute atomic E-state index is 0. The van der Waals surface area contributed by atoms with E-state index >= 15 is 0 Å². The Morgan fingerprint density at radius 2 is 2.00 bits per heavy atom. The molecule has 7 heteroatoms. The van der Waals surface area contributed by atoms with Gasteiger partial charge in [0.05, 0.1) is 6.54 Å². The van der Waals surface area contributed by atoms with Gasteiger partial charge in [0.25, 0.3) is 0 Å². The normalized spacial score (nSPS) is 10.8. The van der Waals surface area contributed by atoms with Gasteiger partial charge >= 0.3 is 6.18 Å². The molecule has 74 valence electrons. The summed E-state index contributed by atoms with van der Waals surface area (Å²) < 4.78 is 35.9. The van der Waals surface area contributed by atoms with Gasteiger partial charge in [-0.25, -0.2) is 9.97 Å². The summed E-state index contributed by atoms with van der Waals surface area (Å²) in [5, 5.41) is 0. The number of hydrogen-bond donors (Lipinski definition) is 1. The van der Waals surface area contributed by atoms with Gasteiger partial charge in [-0.05, 0) is 6.07 Å². The molecule has 1 aromatic heterocycles. The number of nitrogens with zero attached hydrogens (tertiary/aromatic N) is 2. The second-order valence-electron chi connectivity index (χ2n) is 2.06. The molecule has 0 saturated heterocycles. The first kappa shape index (κ1) is 12.1. The van der Waals surface area contributed by atoms with E-state index in [2.05, 4.69) is 9.97 Å². The molecule has 1 heterocycles. The van der Waals surface area contributed by atoms with Crippen LogP contribution in [-0.4, -0.2) is 9.97 Å². The third-order valence-electron chi connectivity index (χ3n) is 1.18. The van der Waals surface area contributed by atoms with Crippen molar-refractivity contribution in [1.82, 2.24) is 9.97 Å². The van der Waals surface area contributed by atoms with Gasteiger partial charge in [0.15, 0.2) is 0 Å². The highest BCUT2D eigenvalue weighted by Gasteiger charge is 2.32. The Labute approximate surface area is 78.6 Å². The molecule has 0 fully saturated rings. The van der Waals surface area contributed by atoms with Gasteiger partial charge in [0.2, 0.25) is 0 Å². The first-order valence-corrected chi connectivity index (χ1v) is 3.13. The van der Waals surface area contributed by atoms with E-state index in [9.17, 15) is 13.2 Å². The van der Waals surface area contributed by atoms with E-state index in [1.807, 2.05) is 0 Å². The predicted octanol–water partition coefficient (Wildman–Crippen LogP) is 1.38. The van der Waals surface area contributed by atoms with Gasteiger partial charge in [-0.15, -0.1) is 12.4 Å². The number of aromatic nitrogens is 2. The molecule has 1 rings (SSSR count). The maximum atomic E-state index is 12.0. The van der Waals surface area contributed by atoms with Gasteiger partial charge in [0, 0.05) is 6.20 Å². The van der Waals surface area contributed by atoms with Crippen LogP contribution < -0.4 is 5.73 Å². The number of hydrogen-bond acceptors (Lipinski definition) is 3. The van der Waals surface area contributed by atoms with Crippen LogP contribution in [0.4, 0.5) is 13.2 Å². The summed E-state index contributed by atoms with van der Waals surface area (Å²) in [7, 11) is 0. The fourth-order valence-electron chi connectivity index (χ4n) is 0.655. The average Bonchev–Trinajstić information content (AvgIpc) is 2.03. The van der Waals surface area contributed by atoms with Gasteiger partial charge in [-0.3, -0.25) is 0 Å². The first-order chi connectivity index (χ1) is 5.54. The van der Waals surface area contributed by atoms with Crippen LogP contribution in [0.15, 0.2) is 12.3 Å². The third-order valence-corrected chi connectivity index (χ3v) is 1.18. The van der Waals surface area contributed by atoms with Crippen molar-refractivity contribution in [2.45, 2.75) is 12.7 Å². The lowest BCUT2D eigenvalue weighted by Crippen LogP contribution is -2.12. The zero-order valence-electron chi connectivity index (χ0n) is 6.38. The van der Waals surface area contributed by atoms with Gasteiger partial charge in [0.1, 0.15) is 11.5 Å². The lowest BCUT2D eigenvalue weighted by Gasteiger charge is -2.05. The summed E-state index contributed by atoms with van der Waals surface area (Å²) in [5.41, 5.74) is 4.11. The summed E-state index contributed by atoms with van der Waals surface area (Å²) in [4.78, 5) is 6.74. The van der Waals surface area contributed by atoms with Crippen LogP contribution in [0.25, 0.3) is 0 Å². The monoisotopic (exact) mass is 213 g/mol. The highest BCUT2D eigenvalue weighted by Crippen LogP contribution is 2.26. The van der Waals surface area contributed by atoms with Crippen molar-refractivity contribution in [3.8, 4) is 0 Å². The minimum Gasteiger partial charge on any atom is -0.324 e. The summed E-state index contributed by atoms with van der Waals surface area (Å²) in [6.45, 7) is -0.0933. The Morgan fingerprint density at radius 3 is 2.46 bits per heavy atom. The molecule has 0 aliphatic carbocycles. The average molecular weight is 214 g/mol. The summed E-state index contributed by atoms with van der Waals surface area (Å²) >= 11 is 0. The molecule has 0 saturated carbocycles. The van der Waals surface area contributed by atoms with E-state index < -0.39 is 11.9 Å². The second kappa shape index (κ2) is 4.38. The molecule has 0 atom stereocenters. The van der Waals surface area contributed by atoms with Crippen LogP contribution in [0, 0.1) is 0 Å². The summed E-state index contributed by atoms with van der Waals surface area (Å²) in [5.74, 6) is -0.00942. The van der Waals surface area contributed by atoms with Crippen molar-refractivity contribution in [3.05, 3.63) is 23.8 Å². The molecule has 0 radical (unpaired) electrons. The van der Waals surface area contributed by atoms with Crippen molar-refractivity contribution in [2.75, 3.05) is 0 Å². The second-order valence-corrected chi connectivity index (χ2v) is 2.06. The summed E-state index contributed by atoms with van der Waals surface area (Å²) in [6.07, 6.45) is -3.38. The van der Waals surface area contributed by atoms with Crippen molar-refractivity contribution in [2.24, 2.45) is 5.73 Å². The summed E-state index contributed by atoms with van der Waals surface area (Å²) in [6, 6.07) is 0.805. The lowest BCUT2D eigenvalue weighted by molar-refractivity contribution is -0.141. The topological polar surface area (TPSA) is 51.8 Å². The molecular formula is C6H7ClF3N3. The molecule has 2 N–H and O–H groups in total. The molecular weight excluding hydrogens is 207 g/mol. The SMILES string of the molecule is Cl.NCc1nccc(C(F)(F)F)n1. The van der Waals surface area contributed by atoms with E-state index in [0.717, 1.165) is 12.3 Å². The highest BCUT2D eigenvalue weighted by molar-refractivity contribution is 5.85. The standard InChI is InChI=1S/C6H6F3N3.ClH/c7-6(8,9)4-1-2-11-5(3-10)12-4;/h1-2H,3,10H2;1H. The molecule has 13 heavy (non-hydrogen) atoms. The molecule has 3 nitrogen and oxygen atoms in total. The van der Waals surface area contributed by atoms with Crippen LogP contribution >= 0.6 is 12.4 Å². The number of nitrogens with two attached hydrogens (primary N) is 1. The fraction of sp³-hybridized carbons (Fsp3) is 0.333. The maximum absolute atomic E-state index is 12.0. The quantitative estimate of drug-likeness (QED) is 0.767. The van der Waals surface area contributed by atoms with Crippen LogP contribution in [0.3, 0.4) is 0 Å². The van der Waals surface area contributed by atoms with Crippen LogP contribution in [-0.2, 0) is 12.7 Å². The van der Waals surface area contributed by atoms with Crippen LogP contribution in [0.1, 0.15) is 11.5 Å². The Kier molecular flexibility index (Phi) is 4.09. The maximum Gasteiger partial charge on any atom is 0.433 e. The Balaban J connectivity index is 0.00000144. The molecule has 0 aliphatic rings. The molecule has 1 aromatic rings. The minimum atomic E-state index is -4.42. The molecule has 0 spiro atoms. The van der Waals surface area contributed by atoms with Crippen molar-refractivity contribution in [3.63, 3.8) is 0 Å². The van der Waals surface area contributed by atoms with Gasteiger partial charge in [-0.2, -0.15) is 13.2 Å². The van der Waals surface area contributed by atoms with E-state index in [4.69, 9.17) is 5.73 Å². The van der Waals surface area contributed by atoms with Crippen molar-refractivity contribution >= 4 is 12.4 Å². The number of alkyl halides is 3. The smallest absolute Gasteiger partial charge is 0.324 e. The van der Waals surface area contributed by atoms with E-state index in [0.29, 0.717) is 0 Å². The Bertz CT molecular complexity index is 276. The number of halogens is 4. The van der Waals surface area contributed by atoms with E-state index in [1.54, 1.807) is 0 Å². The Morgan fingerprint density at radius 1 is 1.38 bits per heavy atom. The molecule has 0 bridgehead atoms. The molecule has 0 unspecified atom stereocenters. The van der Waals surface area contributed by atoms with E-state index in [-0.39, 0.29) is 24.8 Å². The lowest BCUT2D eigenvalue weighted by atomic mass is 10.4. The first-order valence-electron chi connectivity index (χ1n) is 3.13. The molecule has 0 aromatic carbocycles. The van der Waals surface area contributed by atoms with Crippen LogP contribution in [0.2, 0.25) is 0 Å². The predicted molar refractivity (Wildman–Crippen MR) is 42.2 cm³/mol. The van der Waals surface area contributed by atoms with Gasteiger partial charge < -0.3 is 5.73 Å². The molecule has 0 aliphatic heterocycles. The molecule has 0 amide bonds. The Hall–Kier alpha value is -0.880. The van der Waals surface area contributed by atoms with Crippen LogP contribution in [0.5, 0.6) is 0 Å². The zero-order chi connectivity index (χ0) is 9.19. The fourth-order valence-corrected chi connectivity index (χ4v) is 0.655. The van der Waals surface area contributed by atoms with Gasteiger partial charge in [-0.1, -0.05) is 0 Å². The highest BCUT2D eigenvalue weighted by atomic mass is 35.5. The largest absolute Gasteiger partial charge is 0.433 e.